The van der Waals surface area contributed by atoms with Crippen LogP contribution in [0.1, 0.15) is 25.3 Å². The molecule has 1 aliphatic heterocycles. The zero-order valence-corrected chi connectivity index (χ0v) is 11.8. The molecule has 0 spiro atoms. The fourth-order valence-corrected chi connectivity index (χ4v) is 2.42. The number of carbonyl (C=O) groups excluding carboxylic acids is 1. The molecule has 0 saturated carbocycles. The zero-order chi connectivity index (χ0) is 14.4. The Hall–Kier alpha value is -1.75. The van der Waals surface area contributed by atoms with Crippen LogP contribution in [-0.4, -0.2) is 41.8 Å². The lowest BCUT2D eigenvalue weighted by Gasteiger charge is -2.32. The van der Waals surface area contributed by atoms with Crippen molar-refractivity contribution in [3.63, 3.8) is 0 Å². The number of aliphatic hydroxyl groups excluding tert-OH is 1. The van der Waals surface area contributed by atoms with Gasteiger partial charge < -0.3 is 20.1 Å². The van der Waals surface area contributed by atoms with E-state index in [-0.39, 0.29) is 12.7 Å². The number of ether oxygens (including phenoxy) is 1. The third-order valence-corrected chi connectivity index (χ3v) is 3.50. The molecular weight excluding hydrogens is 256 g/mol. The molecule has 1 aromatic carbocycles. The van der Waals surface area contributed by atoms with E-state index in [1.165, 1.54) is 0 Å². The number of amides is 1. The summed E-state index contributed by atoms with van der Waals surface area (Å²) < 4.78 is 5.00. The van der Waals surface area contributed by atoms with Crippen LogP contribution in [0.3, 0.4) is 0 Å². The predicted octanol–water partition coefficient (Wildman–Crippen LogP) is 2.21. The molecule has 110 valence electrons. The van der Waals surface area contributed by atoms with Crippen molar-refractivity contribution in [1.29, 1.82) is 0 Å². The van der Waals surface area contributed by atoms with Crippen molar-refractivity contribution in [3.8, 4) is 0 Å². The minimum Gasteiger partial charge on any atom is -0.450 e. The first-order valence-corrected chi connectivity index (χ1v) is 7.11. The van der Waals surface area contributed by atoms with Gasteiger partial charge in [-0.05, 0) is 37.5 Å². The summed E-state index contributed by atoms with van der Waals surface area (Å²) >= 11 is 0. The van der Waals surface area contributed by atoms with Crippen LogP contribution in [0.25, 0.3) is 0 Å². The lowest BCUT2D eigenvalue weighted by Crippen LogP contribution is -2.42. The number of nitrogens with zero attached hydrogens (tertiary/aromatic N) is 1. The van der Waals surface area contributed by atoms with E-state index < -0.39 is 0 Å². The van der Waals surface area contributed by atoms with Crippen LogP contribution in [-0.2, 0) is 11.3 Å². The van der Waals surface area contributed by atoms with E-state index in [0.717, 1.165) is 37.2 Å². The van der Waals surface area contributed by atoms with Crippen LogP contribution < -0.4 is 5.32 Å². The van der Waals surface area contributed by atoms with E-state index in [0.29, 0.717) is 12.6 Å². The molecule has 1 heterocycles. The van der Waals surface area contributed by atoms with E-state index in [1.54, 1.807) is 4.90 Å². The summed E-state index contributed by atoms with van der Waals surface area (Å²) in [7, 11) is 0. The van der Waals surface area contributed by atoms with Crippen LogP contribution in [0.5, 0.6) is 0 Å². The molecule has 0 aromatic heterocycles. The molecule has 1 aromatic rings. The molecule has 1 fully saturated rings. The maximum absolute atomic E-state index is 11.6. The van der Waals surface area contributed by atoms with Crippen molar-refractivity contribution >= 4 is 11.8 Å². The molecule has 0 radical (unpaired) electrons. The third-order valence-electron chi connectivity index (χ3n) is 3.50. The highest BCUT2D eigenvalue weighted by atomic mass is 16.6. The van der Waals surface area contributed by atoms with Gasteiger partial charge in [0.05, 0.1) is 13.2 Å². The predicted molar refractivity (Wildman–Crippen MR) is 77.6 cm³/mol. The fourth-order valence-electron chi connectivity index (χ4n) is 2.42. The second-order valence-electron chi connectivity index (χ2n) is 4.96. The van der Waals surface area contributed by atoms with E-state index >= 15 is 0 Å². The highest BCUT2D eigenvalue weighted by Crippen LogP contribution is 2.18. The first kappa shape index (κ1) is 14.7. The Morgan fingerprint density at radius 3 is 2.85 bits per heavy atom. The van der Waals surface area contributed by atoms with Gasteiger partial charge in [-0.1, -0.05) is 12.1 Å². The average molecular weight is 278 g/mol. The molecule has 0 unspecified atom stereocenters. The van der Waals surface area contributed by atoms with E-state index in [2.05, 4.69) is 5.32 Å². The van der Waals surface area contributed by atoms with Gasteiger partial charge in [-0.3, -0.25) is 0 Å². The Bertz CT molecular complexity index is 442. The molecule has 20 heavy (non-hydrogen) atoms. The number of likely N-dealkylation sites (tertiary alicyclic amines) is 1. The Labute approximate surface area is 119 Å². The van der Waals surface area contributed by atoms with Crippen LogP contribution >= 0.6 is 0 Å². The van der Waals surface area contributed by atoms with Crippen molar-refractivity contribution in [3.05, 3.63) is 29.8 Å². The first-order valence-electron chi connectivity index (χ1n) is 7.11. The topological polar surface area (TPSA) is 61.8 Å². The standard InChI is InChI=1S/C15H22N2O3/c1-2-20-15(19)17-8-6-13(7-9-17)16-14-5-3-4-12(10-14)11-18/h3-5,10,13,16,18H,2,6-9,11H2,1H3. The molecule has 0 bridgehead atoms. The van der Waals surface area contributed by atoms with Crippen molar-refractivity contribution < 1.29 is 14.6 Å². The van der Waals surface area contributed by atoms with Gasteiger partial charge in [0.2, 0.25) is 0 Å². The smallest absolute Gasteiger partial charge is 0.409 e. The average Bonchev–Trinajstić information content (AvgIpc) is 2.48. The molecule has 1 amide bonds. The minimum atomic E-state index is -0.215. The number of nitrogens with one attached hydrogen (secondary N) is 1. The molecule has 2 rings (SSSR count). The summed E-state index contributed by atoms with van der Waals surface area (Å²) in [4.78, 5) is 13.4. The summed E-state index contributed by atoms with van der Waals surface area (Å²) in [5.74, 6) is 0. The second kappa shape index (κ2) is 7.14. The minimum absolute atomic E-state index is 0.0524. The molecule has 0 aliphatic carbocycles. The maximum atomic E-state index is 11.6. The number of hydrogen-bond donors (Lipinski definition) is 2. The van der Waals surface area contributed by atoms with Crippen molar-refractivity contribution in [1.82, 2.24) is 4.90 Å². The largest absolute Gasteiger partial charge is 0.450 e. The SMILES string of the molecule is CCOC(=O)N1CCC(Nc2cccc(CO)c2)CC1. The summed E-state index contributed by atoms with van der Waals surface area (Å²) in [5.41, 5.74) is 1.92. The van der Waals surface area contributed by atoms with Gasteiger partial charge in [0.15, 0.2) is 0 Å². The normalized spacial score (nSPS) is 16.0. The molecule has 5 heteroatoms. The Balaban J connectivity index is 1.83. The lowest BCUT2D eigenvalue weighted by molar-refractivity contribution is 0.0983. The molecule has 1 saturated heterocycles. The molecular formula is C15H22N2O3. The maximum Gasteiger partial charge on any atom is 0.409 e. The number of piperidine rings is 1. The third kappa shape index (κ3) is 3.87. The van der Waals surface area contributed by atoms with Crippen molar-refractivity contribution in [2.75, 3.05) is 25.0 Å². The van der Waals surface area contributed by atoms with Crippen molar-refractivity contribution in [2.45, 2.75) is 32.4 Å². The summed E-state index contributed by atoms with van der Waals surface area (Å²) in [5, 5.41) is 12.6. The van der Waals surface area contributed by atoms with Gasteiger partial charge >= 0.3 is 6.09 Å². The highest BCUT2D eigenvalue weighted by Gasteiger charge is 2.23. The Kier molecular flexibility index (Phi) is 5.24. The Morgan fingerprint density at radius 1 is 1.45 bits per heavy atom. The summed E-state index contributed by atoms with van der Waals surface area (Å²) in [6.07, 6.45) is 1.60. The van der Waals surface area contributed by atoms with Crippen LogP contribution in [0.15, 0.2) is 24.3 Å². The van der Waals surface area contributed by atoms with Crippen molar-refractivity contribution in [2.24, 2.45) is 0 Å². The molecule has 0 atom stereocenters. The number of benzene rings is 1. The van der Waals surface area contributed by atoms with Crippen LogP contribution in [0, 0.1) is 0 Å². The molecule has 2 N–H and O–H groups in total. The number of rotatable bonds is 4. The van der Waals surface area contributed by atoms with Gasteiger partial charge in [-0.15, -0.1) is 0 Å². The second-order valence-corrected chi connectivity index (χ2v) is 4.96. The summed E-state index contributed by atoms with van der Waals surface area (Å²) in [6, 6.07) is 8.14. The van der Waals surface area contributed by atoms with Gasteiger partial charge in [0.1, 0.15) is 0 Å². The fraction of sp³-hybridized carbons (Fsp3) is 0.533. The molecule has 1 aliphatic rings. The van der Waals surface area contributed by atoms with Gasteiger partial charge in [0.25, 0.3) is 0 Å². The number of aliphatic hydroxyl groups is 1. The number of hydrogen-bond acceptors (Lipinski definition) is 4. The number of anilines is 1. The summed E-state index contributed by atoms with van der Waals surface area (Å²) in [6.45, 7) is 3.73. The van der Waals surface area contributed by atoms with E-state index in [1.807, 2.05) is 31.2 Å². The quantitative estimate of drug-likeness (QED) is 0.886. The lowest BCUT2D eigenvalue weighted by atomic mass is 10.0. The van der Waals surface area contributed by atoms with Gasteiger partial charge in [0, 0.05) is 24.8 Å². The van der Waals surface area contributed by atoms with Gasteiger partial charge in [-0.25, -0.2) is 4.79 Å². The molecule has 5 nitrogen and oxygen atoms in total. The van der Waals surface area contributed by atoms with Crippen LogP contribution in [0.2, 0.25) is 0 Å². The Morgan fingerprint density at radius 2 is 2.20 bits per heavy atom. The monoisotopic (exact) mass is 278 g/mol. The van der Waals surface area contributed by atoms with Crippen LogP contribution in [0.4, 0.5) is 10.5 Å². The highest BCUT2D eigenvalue weighted by molar-refractivity contribution is 5.67. The first-order chi connectivity index (χ1) is 9.72. The van der Waals surface area contributed by atoms with E-state index in [9.17, 15) is 4.79 Å². The van der Waals surface area contributed by atoms with Gasteiger partial charge in [-0.2, -0.15) is 0 Å². The number of carbonyl (C=O) groups is 1. The zero-order valence-electron chi connectivity index (χ0n) is 11.8. The van der Waals surface area contributed by atoms with E-state index in [4.69, 9.17) is 9.84 Å².